The van der Waals surface area contributed by atoms with Gasteiger partial charge in [0.25, 0.3) is 0 Å². The Morgan fingerprint density at radius 1 is 1.24 bits per heavy atom. The molecule has 1 aliphatic rings. The lowest BCUT2D eigenvalue weighted by atomic mass is 9.71. The maximum atomic E-state index is 11.7. The molecule has 0 spiro atoms. The Kier molecular flexibility index (Phi) is 9.70. The van der Waals surface area contributed by atoms with Gasteiger partial charge in [0.15, 0.2) is 0 Å². The molecule has 0 saturated heterocycles. The minimum Gasteiger partial charge on any atom is -0.466 e. The second kappa shape index (κ2) is 10.9. The van der Waals surface area contributed by atoms with Crippen LogP contribution in [-0.4, -0.2) is 26.3 Å². The quantitative estimate of drug-likeness (QED) is 0.163. The molecule has 0 N–H and O–H groups in total. The summed E-state index contributed by atoms with van der Waals surface area (Å²) in [6.45, 7) is 11.6. The molecule has 0 fully saturated rings. The average Bonchev–Trinajstić information content (AvgIpc) is 2.53. The van der Waals surface area contributed by atoms with Gasteiger partial charge in [0.1, 0.15) is 5.76 Å². The molecule has 25 heavy (non-hydrogen) atoms. The second-order valence-electron chi connectivity index (χ2n) is 6.78. The predicted molar refractivity (Wildman–Crippen MR) is 101 cm³/mol. The van der Waals surface area contributed by atoms with Crippen LogP contribution in [-0.2, 0) is 23.1 Å². The lowest BCUT2D eigenvalue weighted by Gasteiger charge is -2.35. The highest BCUT2D eigenvalue weighted by molar-refractivity contribution is 7.41. The highest BCUT2D eigenvalue weighted by atomic mass is 31.2. The molecule has 0 bridgehead atoms. The number of rotatable bonds is 10. The first-order valence-electron chi connectivity index (χ1n) is 9.05. The van der Waals surface area contributed by atoms with Crippen LogP contribution < -0.4 is 0 Å². The van der Waals surface area contributed by atoms with Gasteiger partial charge < -0.3 is 18.3 Å². The lowest BCUT2D eigenvalue weighted by molar-refractivity contribution is -0.135. The molecule has 0 atom stereocenters. The minimum absolute atomic E-state index is 0.198. The van der Waals surface area contributed by atoms with Crippen molar-refractivity contribution >= 4 is 14.6 Å². The van der Waals surface area contributed by atoms with Gasteiger partial charge in [-0.3, -0.25) is 0 Å². The molecule has 0 amide bonds. The summed E-state index contributed by atoms with van der Waals surface area (Å²) in [4.78, 5) is 11.7. The third kappa shape index (κ3) is 7.47. The van der Waals surface area contributed by atoms with E-state index >= 15 is 0 Å². The van der Waals surface area contributed by atoms with E-state index < -0.39 is 14.6 Å². The molecule has 1 aliphatic carbocycles. The number of esters is 1. The van der Waals surface area contributed by atoms with E-state index in [4.69, 9.17) is 18.3 Å². The van der Waals surface area contributed by atoms with Crippen LogP contribution in [0.15, 0.2) is 23.0 Å². The van der Waals surface area contributed by atoms with Gasteiger partial charge in [-0.1, -0.05) is 25.0 Å². The molecule has 0 heterocycles. The fourth-order valence-corrected chi connectivity index (χ4v) is 4.14. The summed E-state index contributed by atoms with van der Waals surface area (Å²) in [5.74, 6) is 0.132. The van der Waals surface area contributed by atoms with Gasteiger partial charge in [-0.2, -0.15) is 0 Å². The van der Waals surface area contributed by atoms with Crippen molar-refractivity contribution in [3.63, 3.8) is 0 Å². The molecular formula is C19H33O5P. The monoisotopic (exact) mass is 372 g/mol. The van der Waals surface area contributed by atoms with Crippen LogP contribution in [0.25, 0.3) is 0 Å². The summed E-state index contributed by atoms with van der Waals surface area (Å²) in [5.41, 5.74) is 3.13. The third-order valence-corrected chi connectivity index (χ3v) is 5.77. The van der Waals surface area contributed by atoms with Gasteiger partial charge in [-0.15, -0.1) is 0 Å². The number of hydrogen-bond acceptors (Lipinski definition) is 5. The molecule has 0 aromatic carbocycles. The summed E-state index contributed by atoms with van der Waals surface area (Å²) in [6.07, 6.45) is 6.48. The highest BCUT2D eigenvalue weighted by Gasteiger charge is 2.28. The van der Waals surface area contributed by atoms with Crippen LogP contribution in [0.2, 0.25) is 0 Å². The zero-order valence-electron chi connectivity index (χ0n) is 16.5. The topological polar surface area (TPSA) is 54.0 Å². The number of allylic oxidation sites excluding steroid dienone is 3. The van der Waals surface area contributed by atoms with Crippen LogP contribution >= 0.6 is 8.60 Å². The van der Waals surface area contributed by atoms with E-state index in [0.717, 1.165) is 12.8 Å². The zero-order valence-corrected chi connectivity index (χ0v) is 17.4. The van der Waals surface area contributed by atoms with Crippen LogP contribution in [0.4, 0.5) is 0 Å². The SMILES string of the molecule is CCOP(OCC)OC(=CC(=O)OC)CCC1=C(C)CCCC1(C)C. The van der Waals surface area contributed by atoms with Crippen LogP contribution in [0.1, 0.15) is 66.7 Å². The van der Waals surface area contributed by atoms with Gasteiger partial charge in [0.05, 0.1) is 26.4 Å². The highest BCUT2D eigenvalue weighted by Crippen LogP contribution is 2.45. The van der Waals surface area contributed by atoms with Gasteiger partial charge >= 0.3 is 14.6 Å². The maximum Gasteiger partial charge on any atom is 0.396 e. The zero-order chi connectivity index (χ0) is 18.9. The van der Waals surface area contributed by atoms with Crippen molar-refractivity contribution in [3.8, 4) is 0 Å². The summed E-state index contributed by atoms with van der Waals surface area (Å²) in [5, 5.41) is 0. The van der Waals surface area contributed by atoms with E-state index in [1.807, 2.05) is 13.8 Å². The average molecular weight is 372 g/mol. The van der Waals surface area contributed by atoms with E-state index in [0.29, 0.717) is 25.4 Å². The number of ether oxygens (including phenoxy) is 1. The molecule has 5 nitrogen and oxygen atoms in total. The largest absolute Gasteiger partial charge is 0.466 e. The summed E-state index contributed by atoms with van der Waals surface area (Å²) in [7, 11) is -0.129. The molecule has 0 saturated carbocycles. The van der Waals surface area contributed by atoms with Gasteiger partial charge in [0, 0.05) is 6.42 Å². The number of carbonyl (C=O) groups excluding carboxylic acids is 1. The number of methoxy groups -OCH3 is 1. The van der Waals surface area contributed by atoms with Crippen molar-refractivity contribution in [2.75, 3.05) is 20.3 Å². The first-order valence-corrected chi connectivity index (χ1v) is 10.1. The molecule has 0 unspecified atom stereocenters. The fourth-order valence-electron chi connectivity index (χ4n) is 3.21. The van der Waals surface area contributed by atoms with Crippen LogP contribution in [0.3, 0.4) is 0 Å². The van der Waals surface area contributed by atoms with E-state index in [1.54, 1.807) is 0 Å². The van der Waals surface area contributed by atoms with Crippen molar-refractivity contribution in [1.82, 2.24) is 0 Å². The Balaban J connectivity index is 2.87. The van der Waals surface area contributed by atoms with Gasteiger partial charge in [-0.25, -0.2) is 4.79 Å². The molecule has 1 rings (SSSR count). The molecule has 6 heteroatoms. The molecule has 0 aliphatic heterocycles. The molecule has 0 aromatic heterocycles. The molecule has 144 valence electrons. The Bertz CT molecular complexity index is 490. The Labute approximate surface area is 153 Å². The first-order chi connectivity index (χ1) is 11.8. The fraction of sp³-hybridized carbons (Fsp3) is 0.737. The maximum absolute atomic E-state index is 11.7. The summed E-state index contributed by atoms with van der Waals surface area (Å²) in [6, 6.07) is 0. The standard InChI is InChI=1S/C19H33O5P/c1-7-22-25(23-8-2)24-16(14-18(20)21-6)11-12-17-15(3)10-9-13-19(17,4)5/h14H,7-13H2,1-6H3. The Morgan fingerprint density at radius 3 is 2.40 bits per heavy atom. The van der Waals surface area contributed by atoms with Crippen molar-refractivity contribution in [2.45, 2.75) is 66.7 Å². The second-order valence-corrected chi connectivity index (χ2v) is 7.93. The number of hydrogen-bond donors (Lipinski definition) is 0. The normalized spacial score (nSPS) is 17.8. The van der Waals surface area contributed by atoms with Crippen molar-refractivity contribution in [3.05, 3.63) is 23.0 Å². The van der Waals surface area contributed by atoms with Gasteiger partial charge in [-0.05, 0) is 51.9 Å². The molecule has 0 aromatic rings. The van der Waals surface area contributed by atoms with Crippen molar-refractivity contribution < 1.29 is 23.1 Å². The van der Waals surface area contributed by atoms with Gasteiger partial charge in [0.2, 0.25) is 0 Å². The summed E-state index contributed by atoms with van der Waals surface area (Å²) >= 11 is 0. The molecular weight excluding hydrogens is 339 g/mol. The van der Waals surface area contributed by atoms with E-state index in [1.165, 1.54) is 37.2 Å². The van der Waals surface area contributed by atoms with E-state index in [-0.39, 0.29) is 5.41 Å². The Morgan fingerprint density at radius 2 is 1.88 bits per heavy atom. The van der Waals surface area contributed by atoms with E-state index in [2.05, 4.69) is 20.8 Å². The van der Waals surface area contributed by atoms with Crippen LogP contribution in [0, 0.1) is 5.41 Å². The lowest BCUT2D eigenvalue weighted by Crippen LogP contribution is -2.20. The third-order valence-electron chi connectivity index (χ3n) is 4.45. The van der Waals surface area contributed by atoms with Crippen LogP contribution in [0.5, 0.6) is 0 Å². The smallest absolute Gasteiger partial charge is 0.396 e. The Hall–Kier alpha value is -0.900. The van der Waals surface area contributed by atoms with E-state index in [9.17, 15) is 4.79 Å². The van der Waals surface area contributed by atoms with Crippen molar-refractivity contribution in [2.24, 2.45) is 5.41 Å². The number of carbonyl (C=O) groups is 1. The minimum atomic E-state index is -1.49. The molecule has 0 radical (unpaired) electrons. The first kappa shape index (κ1) is 22.1. The summed E-state index contributed by atoms with van der Waals surface area (Å²) < 4.78 is 21.6. The van der Waals surface area contributed by atoms with Crippen molar-refractivity contribution in [1.29, 1.82) is 0 Å². The predicted octanol–water partition coefficient (Wildman–Crippen LogP) is 5.67.